The van der Waals surface area contributed by atoms with Crippen LogP contribution in [0.3, 0.4) is 0 Å². The third-order valence-corrected chi connectivity index (χ3v) is 5.61. The summed E-state index contributed by atoms with van der Waals surface area (Å²) < 4.78 is 6.09. The van der Waals surface area contributed by atoms with Gasteiger partial charge in [0.25, 0.3) is 11.8 Å². The highest BCUT2D eigenvalue weighted by Crippen LogP contribution is 2.27. The lowest BCUT2D eigenvalue weighted by Crippen LogP contribution is -2.62. The molecular formula is C25H26N4O3. The molecule has 0 spiro atoms. The van der Waals surface area contributed by atoms with Crippen molar-refractivity contribution in [2.45, 2.75) is 18.9 Å². The normalized spacial score (nSPS) is 18.2. The van der Waals surface area contributed by atoms with Gasteiger partial charge in [-0.25, -0.2) is 0 Å². The number of likely N-dealkylation sites (N-methyl/N-ethyl adjacent to an activating group) is 1. The van der Waals surface area contributed by atoms with Crippen LogP contribution >= 0.6 is 0 Å². The minimum absolute atomic E-state index is 0.127. The Hall–Kier alpha value is -3.58. The number of ether oxygens (including phenoxy) is 1. The molecule has 1 aliphatic rings. The number of rotatable bonds is 6. The van der Waals surface area contributed by atoms with E-state index in [0.717, 1.165) is 16.7 Å². The number of aromatic nitrogens is 2. The zero-order chi connectivity index (χ0) is 22.4. The molecule has 1 atom stereocenters. The van der Waals surface area contributed by atoms with E-state index in [1.807, 2.05) is 43.3 Å². The van der Waals surface area contributed by atoms with Gasteiger partial charge in [-0.1, -0.05) is 24.3 Å². The zero-order valence-electron chi connectivity index (χ0n) is 18.0. The van der Waals surface area contributed by atoms with Gasteiger partial charge in [0.15, 0.2) is 5.60 Å². The molecule has 1 N–H and O–H groups in total. The Morgan fingerprint density at radius 3 is 2.25 bits per heavy atom. The molecule has 7 heteroatoms. The maximum atomic E-state index is 13.1. The fraction of sp³-hybridized carbons (Fsp3) is 0.280. The van der Waals surface area contributed by atoms with Gasteiger partial charge in [0, 0.05) is 49.9 Å². The summed E-state index contributed by atoms with van der Waals surface area (Å²) in [5.41, 5.74) is 2.52. The molecule has 1 unspecified atom stereocenters. The number of carbonyl (C=O) groups excluding carboxylic acids is 2. The lowest BCUT2D eigenvalue weighted by atomic mass is 9.90. The highest BCUT2D eigenvalue weighted by Gasteiger charge is 2.45. The summed E-state index contributed by atoms with van der Waals surface area (Å²) in [6.45, 7) is 3.28. The second kappa shape index (κ2) is 9.70. The standard InChI is InChI=1S/C25H26N4O3/c1-2-28-24(31)25(17-19-3-5-20(6-4-19)21-7-11-26-12-8-21)18-29(15-16-32-25)23(30)22-9-13-27-14-10-22/h3-14H,2,15-18H2,1H3,(H,28,31). The molecule has 0 saturated carbocycles. The maximum absolute atomic E-state index is 13.1. The van der Waals surface area contributed by atoms with Crippen molar-refractivity contribution in [2.24, 2.45) is 0 Å². The van der Waals surface area contributed by atoms with Crippen molar-refractivity contribution in [3.63, 3.8) is 0 Å². The number of hydrogen-bond acceptors (Lipinski definition) is 5. The molecule has 7 nitrogen and oxygen atoms in total. The summed E-state index contributed by atoms with van der Waals surface area (Å²) in [6, 6.07) is 15.3. The van der Waals surface area contributed by atoms with Gasteiger partial charge in [-0.2, -0.15) is 0 Å². The Labute approximate surface area is 187 Å². The summed E-state index contributed by atoms with van der Waals surface area (Å²) in [6.07, 6.45) is 7.08. The Morgan fingerprint density at radius 2 is 1.59 bits per heavy atom. The van der Waals surface area contributed by atoms with Crippen molar-refractivity contribution < 1.29 is 14.3 Å². The number of benzene rings is 1. The van der Waals surface area contributed by atoms with E-state index in [-0.39, 0.29) is 18.4 Å². The number of pyridine rings is 2. The highest BCUT2D eigenvalue weighted by atomic mass is 16.5. The predicted molar refractivity (Wildman–Crippen MR) is 121 cm³/mol. The van der Waals surface area contributed by atoms with E-state index in [0.29, 0.717) is 31.7 Å². The van der Waals surface area contributed by atoms with Gasteiger partial charge in [0.2, 0.25) is 0 Å². The molecule has 3 aromatic rings. The van der Waals surface area contributed by atoms with Crippen LogP contribution in [0.5, 0.6) is 0 Å². The summed E-state index contributed by atoms with van der Waals surface area (Å²) in [7, 11) is 0. The number of nitrogens with one attached hydrogen (secondary N) is 1. The molecule has 1 aliphatic heterocycles. The summed E-state index contributed by atoms with van der Waals surface area (Å²) in [4.78, 5) is 35.9. The monoisotopic (exact) mass is 430 g/mol. The molecular weight excluding hydrogens is 404 g/mol. The number of amides is 2. The first-order valence-electron chi connectivity index (χ1n) is 10.7. The highest BCUT2D eigenvalue weighted by molar-refractivity contribution is 5.95. The van der Waals surface area contributed by atoms with E-state index in [9.17, 15) is 9.59 Å². The molecule has 32 heavy (non-hydrogen) atoms. The van der Waals surface area contributed by atoms with Crippen LogP contribution < -0.4 is 5.32 Å². The van der Waals surface area contributed by atoms with Crippen LogP contribution in [-0.4, -0.2) is 58.5 Å². The van der Waals surface area contributed by atoms with Crippen LogP contribution in [0.25, 0.3) is 11.1 Å². The average Bonchev–Trinajstić information content (AvgIpc) is 2.85. The number of hydrogen-bond donors (Lipinski definition) is 1. The zero-order valence-corrected chi connectivity index (χ0v) is 18.0. The molecule has 164 valence electrons. The van der Waals surface area contributed by atoms with Crippen molar-refractivity contribution in [2.75, 3.05) is 26.2 Å². The first-order chi connectivity index (χ1) is 15.6. The molecule has 1 fully saturated rings. The quantitative estimate of drug-likeness (QED) is 0.650. The van der Waals surface area contributed by atoms with E-state index in [1.54, 1.807) is 41.8 Å². The molecule has 0 aliphatic carbocycles. The van der Waals surface area contributed by atoms with Crippen LogP contribution in [-0.2, 0) is 16.0 Å². The lowest BCUT2D eigenvalue weighted by Gasteiger charge is -2.41. The van der Waals surface area contributed by atoms with Gasteiger partial charge in [0.1, 0.15) is 0 Å². The average molecular weight is 431 g/mol. The lowest BCUT2D eigenvalue weighted by molar-refractivity contribution is -0.157. The molecule has 2 aromatic heterocycles. The first kappa shape index (κ1) is 21.6. The second-order valence-corrected chi connectivity index (χ2v) is 7.77. The molecule has 0 radical (unpaired) electrons. The van der Waals surface area contributed by atoms with Gasteiger partial charge in [-0.3, -0.25) is 19.6 Å². The summed E-state index contributed by atoms with van der Waals surface area (Å²) >= 11 is 0. The smallest absolute Gasteiger partial charge is 0.254 e. The molecule has 0 bridgehead atoms. The van der Waals surface area contributed by atoms with Crippen LogP contribution in [0, 0.1) is 0 Å². The second-order valence-electron chi connectivity index (χ2n) is 7.77. The van der Waals surface area contributed by atoms with Gasteiger partial charge < -0.3 is 15.0 Å². The predicted octanol–water partition coefficient (Wildman–Crippen LogP) is 2.73. The summed E-state index contributed by atoms with van der Waals surface area (Å²) in [5, 5.41) is 2.89. The van der Waals surface area contributed by atoms with Crippen LogP contribution in [0.4, 0.5) is 0 Å². The van der Waals surface area contributed by atoms with Crippen molar-refractivity contribution >= 4 is 11.8 Å². The van der Waals surface area contributed by atoms with E-state index >= 15 is 0 Å². The van der Waals surface area contributed by atoms with Gasteiger partial charge in [-0.15, -0.1) is 0 Å². The van der Waals surface area contributed by atoms with Crippen molar-refractivity contribution in [1.82, 2.24) is 20.2 Å². The van der Waals surface area contributed by atoms with Gasteiger partial charge in [-0.05, 0) is 47.9 Å². The van der Waals surface area contributed by atoms with E-state index in [4.69, 9.17) is 4.74 Å². The van der Waals surface area contributed by atoms with Gasteiger partial charge in [0.05, 0.1) is 13.2 Å². The van der Waals surface area contributed by atoms with Crippen LogP contribution in [0.2, 0.25) is 0 Å². The summed E-state index contributed by atoms with van der Waals surface area (Å²) in [5.74, 6) is -0.331. The van der Waals surface area contributed by atoms with Crippen LogP contribution in [0.15, 0.2) is 73.3 Å². The Balaban J connectivity index is 1.57. The molecule has 1 saturated heterocycles. The Kier molecular flexibility index (Phi) is 6.56. The third kappa shape index (κ3) is 4.68. The number of nitrogens with zero attached hydrogens (tertiary/aromatic N) is 3. The SMILES string of the molecule is CCNC(=O)C1(Cc2ccc(-c3ccncc3)cc2)CN(C(=O)c2ccncc2)CCO1. The maximum Gasteiger partial charge on any atom is 0.254 e. The van der Waals surface area contributed by atoms with Crippen molar-refractivity contribution in [3.8, 4) is 11.1 Å². The molecule has 3 heterocycles. The fourth-order valence-corrected chi connectivity index (χ4v) is 3.97. The molecule has 2 amide bonds. The topological polar surface area (TPSA) is 84.4 Å². The molecule has 4 rings (SSSR count). The van der Waals surface area contributed by atoms with Crippen molar-refractivity contribution in [3.05, 3.63) is 84.4 Å². The minimum Gasteiger partial charge on any atom is -0.361 e. The number of carbonyl (C=O) groups is 2. The van der Waals surface area contributed by atoms with Crippen molar-refractivity contribution in [1.29, 1.82) is 0 Å². The number of morpholine rings is 1. The first-order valence-corrected chi connectivity index (χ1v) is 10.7. The Bertz CT molecular complexity index is 1060. The van der Waals surface area contributed by atoms with E-state index in [1.165, 1.54) is 0 Å². The van der Waals surface area contributed by atoms with E-state index < -0.39 is 5.60 Å². The largest absolute Gasteiger partial charge is 0.361 e. The third-order valence-electron chi connectivity index (χ3n) is 5.61. The van der Waals surface area contributed by atoms with Crippen LogP contribution in [0.1, 0.15) is 22.8 Å². The Morgan fingerprint density at radius 1 is 0.969 bits per heavy atom. The van der Waals surface area contributed by atoms with E-state index in [2.05, 4.69) is 15.3 Å². The molecule has 1 aromatic carbocycles. The van der Waals surface area contributed by atoms with Gasteiger partial charge >= 0.3 is 0 Å². The minimum atomic E-state index is -1.14. The fourth-order valence-electron chi connectivity index (χ4n) is 3.97.